The maximum absolute atomic E-state index is 13.4. The van der Waals surface area contributed by atoms with E-state index in [2.05, 4.69) is 10.3 Å². The van der Waals surface area contributed by atoms with Crippen molar-refractivity contribution in [1.82, 2.24) is 19.5 Å². The van der Waals surface area contributed by atoms with Crippen molar-refractivity contribution < 1.29 is 22.7 Å². The SMILES string of the molecule is CNC(=O)CN1CC2(CCN(C(=O)c3ccc[nH]3)CC2)COc2ccccc2S1(=O)=O. The number of hydrogen-bond donors (Lipinski definition) is 2. The van der Waals surface area contributed by atoms with Crippen LogP contribution in [0.1, 0.15) is 23.3 Å². The number of likely N-dealkylation sites (tertiary alicyclic amines) is 1. The Morgan fingerprint density at radius 2 is 1.90 bits per heavy atom. The molecule has 0 atom stereocenters. The molecule has 4 rings (SSSR count). The number of para-hydroxylation sites is 1. The fourth-order valence-corrected chi connectivity index (χ4v) is 5.80. The number of H-pyrrole nitrogens is 1. The molecule has 31 heavy (non-hydrogen) atoms. The van der Waals surface area contributed by atoms with Crippen LogP contribution in [0.15, 0.2) is 47.5 Å². The van der Waals surface area contributed by atoms with Gasteiger partial charge in [-0.2, -0.15) is 4.31 Å². The summed E-state index contributed by atoms with van der Waals surface area (Å²) in [6.45, 7) is 1.17. The minimum absolute atomic E-state index is 0.0631. The van der Waals surface area contributed by atoms with Crippen LogP contribution in [0.5, 0.6) is 5.75 Å². The summed E-state index contributed by atoms with van der Waals surface area (Å²) in [5.74, 6) is -0.169. The lowest BCUT2D eigenvalue weighted by Crippen LogP contribution is -2.53. The van der Waals surface area contributed by atoms with Gasteiger partial charge in [-0.3, -0.25) is 9.59 Å². The van der Waals surface area contributed by atoms with Crippen LogP contribution in [0.4, 0.5) is 0 Å². The Bertz CT molecular complexity index is 1060. The monoisotopic (exact) mass is 446 g/mol. The standard InChI is InChI=1S/C21H26N4O5S/c1-22-19(26)13-25-14-21(15-30-17-6-2-3-7-18(17)31(25,28)29)8-11-24(12-9-21)20(27)16-5-4-10-23-16/h2-7,10,23H,8-9,11-15H2,1H3,(H,22,26). The molecule has 1 spiro atoms. The van der Waals surface area contributed by atoms with Crippen molar-refractivity contribution in [3.63, 3.8) is 0 Å². The van der Waals surface area contributed by atoms with Crippen LogP contribution in [0.3, 0.4) is 0 Å². The number of piperidine rings is 1. The molecule has 0 aliphatic carbocycles. The number of carbonyl (C=O) groups excluding carboxylic acids is 2. The van der Waals surface area contributed by atoms with Gasteiger partial charge in [-0.15, -0.1) is 0 Å². The summed E-state index contributed by atoms with van der Waals surface area (Å²) < 4.78 is 34.0. The van der Waals surface area contributed by atoms with Crippen molar-refractivity contribution in [2.75, 3.05) is 39.8 Å². The Kier molecular flexibility index (Phi) is 5.76. The van der Waals surface area contributed by atoms with Crippen molar-refractivity contribution in [2.24, 2.45) is 5.41 Å². The Morgan fingerprint density at radius 3 is 2.58 bits per heavy atom. The summed E-state index contributed by atoms with van der Waals surface area (Å²) in [5.41, 5.74) is 0.0313. The van der Waals surface area contributed by atoms with E-state index in [1.807, 2.05) is 0 Å². The van der Waals surface area contributed by atoms with Gasteiger partial charge in [0.2, 0.25) is 15.9 Å². The van der Waals surface area contributed by atoms with E-state index < -0.39 is 15.4 Å². The second kappa shape index (κ2) is 8.35. The molecule has 9 nitrogen and oxygen atoms in total. The first-order valence-electron chi connectivity index (χ1n) is 10.2. The molecular formula is C21H26N4O5S. The summed E-state index contributed by atoms with van der Waals surface area (Å²) in [4.78, 5) is 29.6. The molecular weight excluding hydrogens is 420 g/mol. The number of nitrogens with zero attached hydrogens (tertiary/aromatic N) is 2. The number of likely N-dealkylation sites (N-methyl/N-ethyl adjacent to an activating group) is 1. The summed E-state index contributed by atoms with van der Waals surface area (Å²) in [6, 6.07) is 10.0. The molecule has 1 saturated heterocycles. The summed E-state index contributed by atoms with van der Waals surface area (Å²) in [6.07, 6.45) is 2.85. The Balaban J connectivity index is 1.61. The lowest BCUT2D eigenvalue weighted by molar-refractivity contribution is -0.121. The number of carbonyl (C=O) groups is 2. The van der Waals surface area contributed by atoms with E-state index in [1.165, 1.54) is 17.4 Å². The van der Waals surface area contributed by atoms with Gasteiger partial charge in [0.15, 0.2) is 0 Å². The molecule has 0 unspecified atom stereocenters. The molecule has 3 heterocycles. The maximum Gasteiger partial charge on any atom is 0.270 e. The highest BCUT2D eigenvalue weighted by molar-refractivity contribution is 7.89. The van der Waals surface area contributed by atoms with Crippen molar-refractivity contribution in [3.8, 4) is 5.75 Å². The molecule has 166 valence electrons. The van der Waals surface area contributed by atoms with E-state index in [4.69, 9.17) is 4.74 Å². The zero-order valence-electron chi connectivity index (χ0n) is 17.3. The minimum atomic E-state index is -3.93. The first-order chi connectivity index (χ1) is 14.8. The largest absolute Gasteiger partial charge is 0.492 e. The number of benzene rings is 1. The number of aromatic amines is 1. The minimum Gasteiger partial charge on any atom is -0.492 e. The predicted octanol–water partition coefficient (Wildman–Crippen LogP) is 1.07. The van der Waals surface area contributed by atoms with E-state index in [9.17, 15) is 18.0 Å². The predicted molar refractivity (Wildman–Crippen MR) is 113 cm³/mol. The molecule has 2 N–H and O–H groups in total. The second-order valence-corrected chi connectivity index (χ2v) is 9.96. The van der Waals surface area contributed by atoms with Gasteiger partial charge in [0, 0.05) is 38.3 Å². The number of hydrogen-bond acceptors (Lipinski definition) is 5. The molecule has 0 saturated carbocycles. The van der Waals surface area contributed by atoms with Gasteiger partial charge in [-0.25, -0.2) is 8.42 Å². The molecule has 2 aliphatic heterocycles. The molecule has 2 aliphatic rings. The molecule has 2 aromatic rings. The van der Waals surface area contributed by atoms with Crippen LogP contribution in [-0.2, 0) is 14.8 Å². The number of rotatable bonds is 3. The zero-order chi connectivity index (χ0) is 22.1. The van der Waals surface area contributed by atoms with E-state index in [0.29, 0.717) is 38.2 Å². The maximum atomic E-state index is 13.4. The fourth-order valence-electron chi connectivity index (χ4n) is 4.16. The van der Waals surface area contributed by atoms with E-state index in [0.717, 1.165) is 0 Å². The van der Waals surface area contributed by atoms with Crippen LogP contribution in [0.25, 0.3) is 0 Å². The highest BCUT2D eigenvalue weighted by Crippen LogP contribution is 2.39. The van der Waals surface area contributed by atoms with Crippen molar-refractivity contribution in [3.05, 3.63) is 48.3 Å². The quantitative estimate of drug-likeness (QED) is 0.733. The smallest absolute Gasteiger partial charge is 0.270 e. The summed E-state index contributed by atoms with van der Waals surface area (Å²) in [5, 5.41) is 2.51. The highest BCUT2D eigenvalue weighted by atomic mass is 32.2. The van der Waals surface area contributed by atoms with Gasteiger partial charge in [-0.05, 0) is 37.1 Å². The molecule has 2 amide bonds. The third-order valence-electron chi connectivity index (χ3n) is 6.05. The summed E-state index contributed by atoms with van der Waals surface area (Å²) >= 11 is 0. The van der Waals surface area contributed by atoms with Gasteiger partial charge in [-0.1, -0.05) is 12.1 Å². The van der Waals surface area contributed by atoms with E-state index in [1.54, 1.807) is 41.4 Å². The van der Waals surface area contributed by atoms with E-state index >= 15 is 0 Å². The van der Waals surface area contributed by atoms with E-state index in [-0.39, 0.29) is 35.5 Å². The lowest BCUT2D eigenvalue weighted by Gasteiger charge is -2.44. The Labute approximate surface area is 181 Å². The molecule has 1 aromatic heterocycles. The van der Waals surface area contributed by atoms with Crippen molar-refractivity contribution in [2.45, 2.75) is 17.7 Å². The molecule has 0 radical (unpaired) electrons. The number of aromatic nitrogens is 1. The van der Waals surface area contributed by atoms with Crippen molar-refractivity contribution >= 4 is 21.8 Å². The third kappa shape index (κ3) is 4.17. The number of ether oxygens (including phenoxy) is 1. The lowest BCUT2D eigenvalue weighted by atomic mass is 9.78. The van der Waals surface area contributed by atoms with Crippen LogP contribution < -0.4 is 10.1 Å². The van der Waals surface area contributed by atoms with Gasteiger partial charge >= 0.3 is 0 Å². The molecule has 10 heteroatoms. The average molecular weight is 447 g/mol. The van der Waals surface area contributed by atoms with Gasteiger partial charge in [0.1, 0.15) is 16.3 Å². The van der Waals surface area contributed by atoms with Gasteiger partial charge in [0.25, 0.3) is 5.91 Å². The van der Waals surface area contributed by atoms with Crippen LogP contribution >= 0.6 is 0 Å². The Hall–Kier alpha value is -2.85. The second-order valence-electron chi connectivity index (χ2n) is 8.06. The number of sulfonamides is 1. The number of fused-ring (bicyclic) bond motifs is 1. The normalized spacial score (nSPS) is 20.2. The third-order valence-corrected chi connectivity index (χ3v) is 7.88. The summed E-state index contributed by atoms with van der Waals surface area (Å²) in [7, 11) is -2.44. The van der Waals surface area contributed by atoms with Gasteiger partial charge < -0.3 is 19.9 Å². The highest BCUT2D eigenvalue weighted by Gasteiger charge is 2.44. The topological polar surface area (TPSA) is 112 Å². The zero-order valence-corrected chi connectivity index (χ0v) is 18.2. The average Bonchev–Trinajstić information content (AvgIpc) is 3.32. The Morgan fingerprint density at radius 1 is 1.16 bits per heavy atom. The van der Waals surface area contributed by atoms with Crippen LogP contribution in [0, 0.1) is 5.41 Å². The molecule has 1 fully saturated rings. The molecule has 0 bridgehead atoms. The fraction of sp³-hybridized carbons (Fsp3) is 0.429. The van der Waals surface area contributed by atoms with Gasteiger partial charge in [0.05, 0.1) is 13.2 Å². The first-order valence-corrected chi connectivity index (χ1v) is 11.6. The van der Waals surface area contributed by atoms with Crippen LogP contribution in [-0.4, -0.2) is 74.3 Å². The van der Waals surface area contributed by atoms with Crippen LogP contribution in [0.2, 0.25) is 0 Å². The first kappa shape index (κ1) is 21.4. The number of nitrogens with one attached hydrogen (secondary N) is 2. The number of amides is 2. The van der Waals surface area contributed by atoms with Crippen molar-refractivity contribution in [1.29, 1.82) is 0 Å². The molecule has 1 aromatic carbocycles.